The number of benzene rings is 1. The number of nitrogens with one attached hydrogen (secondary N) is 1. The first kappa shape index (κ1) is 21.3. The van der Waals surface area contributed by atoms with E-state index in [9.17, 15) is 18.0 Å². The average Bonchev–Trinajstić information content (AvgIpc) is 3.11. The van der Waals surface area contributed by atoms with Crippen LogP contribution in [0, 0.1) is 6.92 Å². The molecule has 1 aliphatic heterocycles. The first-order chi connectivity index (χ1) is 13.8. The van der Waals surface area contributed by atoms with Crippen molar-refractivity contribution < 1.29 is 27.3 Å². The number of carbonyl (C=O) groups is 2. The summed E-state index contributed by atoms with van der Waals surface area (Å²) < 4.78 is 36.9. The summed E-state index contributed by atoms with van der Waals surface area (Å²) in [5.74, 6) is -0.740. The van der Waals surface area contributed by atoms with Gasteiger partial charge in [-0.1, -0.05) is 23.2 Å². The van der Waals surface area contributed by atoms with Gasteiger partial charge in [-0.3, -0.25) is 4.79 Å². The number of sulfonamides is 1. The molecule has 1 aromatic heterocycles. The van der Waals surface area contributed by atoms with Crippen LogP contribution in [0.5, 0.6) is 0 Å². The minimum Gasteiger partial charge on any atom is -0.452 e. The maximum absolute atomic E-state index is 12.9. The van der Waals surface area contributed by atoms with Crippen molar-refractivity contribution in [1.29, 1.82) is 0 Å². The number of anilines is 1. The Kier molecular flexibility index (Phi) is 6.56. The zero-order chi connectivity index (χ0) is 21.0. The van der Waals surface area contributed by atoms with E-state index in [4.69, 9.17) is 20.9 Å². The van der Waals surface area contributed by atoms with Gasteiger partial charge in [-0.15, -0.1) is 0 Å². The molecule has 2 heterocycles. The number of aromatic nitrogens is 1. The molecule has 0 unspecified atom stereocenters. The van der Waals surface area contributed by atoms with Gasteiger partial charge in [0.2, 0.25) is 10.0 Å². The summed E-state index contributed by atoms with van der Waals surface area (Å²) in [6, 6.07) is 5.36. The molecule has 1 amide bonds. The van der Waals surface area contributed by atoms with Crippen molar-refractivity contribution in [1.82, 2.24) is 9.46 Å². The van der Waals surface area contributed by atoms with Crippen LogP contribution in [0.4, 0.5) is 5.82 Å². The SMILES string of the molecule is Cc1cc(NC(=O)COC(=O)c2ccc(Cl)c(S(=O)(=O)N3CCCCC3)c2)no1. The summed E-state index contributed by atoms with van der Waals surface area (Å²) in [6.45, 7) is 1.92. The molecule has 0 aliphatic carbocycles. The fourth-order valence-corrected chi connectivity index (χ4v) is 4.91. The minimum atomic E-state index is -3.82. The molecule has 1 saturated heterocycles. The molecule has 0 saturated carbocycles. The molecule has 0 atom stereocenters. The Morgan fingerprint density at radius 1 is 1.24 bits per heavy atom. The number of piperidine rings is 1. The van der Waals surface area contributed by atoms with Crippen LogP contribution in [0.3, 0.4) is 0 Å². The predicted octanol–water partition coefficient (Wildman–Crippen LogP) is 2.61. The van der Waals surface area contributed by atoms with Crippen molar-refractivity contribution in [2.24, 2.45) is 0 Å². The minimum absolute atomic E-state index is 0.0185. The third kappa shape index (κ3) is 5.14. The molecular weight excluding hydrogens is 422 g/mol. The van der Waals surface area contributed by atoms with E-state index in [2.05, 4.69) is 10.5 Å². The molecule has 0 radical (unpaired) electrons. The van der Waals surface area contributed by atoms with E-state index in [1.807, 2.05) is 0 Å². The highest BCUT2D eigenvalue weighted by Gasteiger charge is 2.29. The van der Waals surface area contributed by atoms with Gasteiger partial charge in [-0.05, 0) is 38.0 Å². The molecule has 1 fully saturated rings. The zero-order valence-electron chi connectivity index (χ0n) is 15.7. The van der Waals surface area contributed by atoms with Crippen LogP contribution in [-0.2, 0) is 19.6 Å². The summed E-state index contributed by atoms with van der Waals surface area (Å²) in [7, 11) is -3.82. The van der Waals surface area contributed by atoms with E-state index in [0.29, 0.717) is 18.8 Å². The molecule has 29 heavy (non-hydrogen) atoms. The second-order valence-corrected chi connectivity index (χ2v) is 8.87. The summed E-state index contributed by atoms with van der Waals surface area (Å²) in [5, 5.41) is 6.03. The predicted molar refractivity (Wildman–Crippen MR) is 104 cm³/mol. The van der Waals surface area contributed by atoms with Gasteiger partial charge in [0.25, 0.3) is 5.91 Å². The summed E-state index contributed by atoms with van der Waals surface area (Å²) in [4.78, 5) is 24.0. The van der Waals surface area contributed by atoms with E-state index in [0.717, 1.165) is 19.3 Å². The van der Waals surface area contributed by atoms with Gasteiger partial charge in [-0.25, -0.2) is 13.2 Å². The smallest absolute Gasteiger partial charge is 0.338 e. The molecule has 1 aromatic carbocycles. The Morgan fingerprint density at radius 3 is 2.62 bits per heavy atom. The van der Waals surface area contributed by atoms with Gasteiger partial charge in [-0.2, -0.15) is 4.31 Å². The normalized spacial score (nSPS) is 15.1. The summed E-state index contributed by atoms with van der Waals surface area (Å²) >= 11 is 6.09. The quantitative estimate of drug-likeness (QED) is 0.684. The van der Waals surface area contributed by atoms with Gasteiger partial charge in [0.1, 0.15) is 10.7 Å². The standard InChI is InChI=1S/C18H20ClN3O6S/c1-12-9-16(21-28-12)20-17(23)11-27-18(24)13-5-6-14(19)15(10-13)29(25,26)22-7-3-2-4-8-22/h5-6,9-10H,2-4,7-8,11H2,1H3,(H,20,21,23). The van der Waals surface area contributed by atoms with Gasteiger partial charge < -0.3 is 14.6 Å². The van der Waals surface area contributed by atoms with Crippen molar-refractivity contribution in [3.05, 3.63) is 40.6 Å². The maximum atomic E-state index is 12.9. The van der Waals surface area contributed by atoms with Gasteiger partial charge in [0.05, 0.1) is 10.6 Å². The van der Waals surface area contributed by atoms with E-state index >= 15 is 0 Å². The number of rotatable bonds is 6. The van der Waals surface area contributed by atoms with Crippen LogP contribution in [0.15, 0.2) is 33.7 Å². The Bertz CT molecular complexity index is 1010. The second kappa shape index (κ2) is 8.93. The van der Waals surface area contributed by atoms with Crippen LogP contribution in [0.2, 0.25) is 5.02 Å². The third-order valence-electron chi connectivity index (χ3n) is 4.33. The monoisotopic (exact) mass is 441 g/mol. The Hall–Kier alpha value is -2.43. The van der Waals surface area contributed by atoms with Gasteiger partial charge in [0, 0.05) is 19.2 Å². The Morgan fingerprint density at radius 2 is 1.97 bits per heavy atom. The van der Waals surface area contributed by atoms with Crippen molar-refractivity contribution in [2.75, 3.05) is 25.0 Å². The van der Waals surface area contributed by atoms with E-state index < -0.39 is 28.5 Å². The van der Waals surface area contributed by atoms with Crippen molar-refractivity contribution in [3.63, 3.8) is 0 Å². The summed E-state index contributed by atoms with van der Waals surface area (Å²) in [5.41, 5.74) is -0.0185. The van der Waals surface area contributed by atoms with Crippen molar-refractivity contribution in [3.8, 4) is 0 Å². The molecule has 0 bridgehead atoms. The molecule has 156 valence electrons. The van der Waals surface area contributed by atoms with E-state index in [-0.39, 0.29) is 21.3 Å². The van der Waals surface area contributed by atoms with Crippen LogP contribution >= 0.6 is 11.6 Å². The third-order valence-corrected chi connectivity index (χ3v) is 6.71. The van der Waals surface area contributed by atoms with Gasteiger partial charge >= 0.3 is 5.97 Å². The number of ether oxygens (including phenoxy) is 1. The lowest BCUT2D eigenvalue weighted by Crippen LogP contribution is -2.35. The van der Waals surface area contributed by atoms with Crippen molar-refractivity contribution in [2.45, 2.75) is 31.1 Å². The number of esters is 1. The second-order valence-electron chi connectivity index (χ2n) is 6.56. The van der Waals surface area contributed by atoms with E-state index in [1.54, 1.807) is 6.92 Å². The molecule has 1 aliphatic rings. The first-order valence-electron chi connectivity index (χ1n) is 8.97. The molecule has 11 heteroatoms. The highest BCUT2D eigenvalue weighted by Crippen LogP contribution is 2.28. The highest BCUT2D eigenvalue weighted by molar-refractivity contribution is 7.89. The number of hydrogen-bond acceptors (Lipinski definition) is 7. The largest absolute Gasteiger partial charge is 0.452 e. The van der Waals surface area contributed by atoms with Crippen LogP contribution in [-0.4, -0.2) is 49.5 Å². The topological polar surface area (TPSA) is 119 Å². The maximum Gasteiger partial charge on any atom is 0.338 e. The lowest BCUT2D eigenvalue weighted by molar-refractivity contribution is -0.119. The van der Waals surface area contributed by atoms with Crippen LogP contribution in [0.25, 0.3) is 0 Å². The van der Waals surface area contributed by atoms with Crippen LogP contribution < -0.4 is 5.32 Å². The lowest BCUT2D eigenvalue weighted by Gasteiger charge is -2.26. The fraction of sp³-hybridized carbons (Fsp3) is 0.389. The van der Waals surface area contributed by atoms with Crippen molar-refractivity contribution >= 4 is 39.3 Å². The molecule has 2 aromatic rings. The zero-order valence-corrected chi connectivity index (χ0v) is 17.3. The van der Waals surface area contributed by atoms with Crippen LogP contribution in [0.1, 0.15) is 35.4 Å². The number of hydrogen-bond donors (Lipinski definition) is 1. The number of aryl methyl sites for hydroxylation is 1. The lowest BCUT2D eigenvalue weighted by atomic mass is 10.2. The fourth-order valence-electron chi connectivity index (χ4n) is 2.89. The highest BCUT2D eigenvalue weighted by atomic mass is 35.5. The molecule has 3 rings (SSSR count). The Balaban J connectivity index is 1.68. The summed E-state index contributed by atoms with van der Waals surface area (Å²) in [6.07, 6.45) is 2.53. The number of nitrogens with zero attached hydrogens (tertiary/aromatic N) is 2. The number of halogens is 1. The Labute approximate surface area is 173 Å². The number of carbonyl (C=O) groups excluding carboxylic acids is 2. The molecular formula is C18H20ClN3O6S. The number of amides is 1. The molecule has 9 nitrogen and oxygen atoms in total. The van der Waals surface area contributed by atoms with Gasteiger partial charge in [0.15, 0.2) is 12.4 Å². The first-order valence-corrected chi connectivity index (χ1v) is 10.8. The average molecular weight is 442 g/mol. The van der Waals surface area contributed by atoms with E-state index in [1.165, 1.54) is 28.6 Å². The molecule has 1 N–H and O–H groups in total. The molecule has 0 spiro atoms.